The van der Waals surface area contributed by atoms with Crippen molar-refractivity contribution in [2.45, 2.75) is 77.7 Å². The summed E-state index contributed by atoms with van der Waals surface area (Å²) in [6.07, 6.45) is 9.79. The van der Waals surface area contributed by atoms with Gasteiger partial charge in [0.25, 0.3) is 0 Å². The minimum Gasteiger partial charge on any atom is -0.389 e. The Balaban J connectivity index is 2.39. The van der Waals surface area contributed by atoms with Crippen LogP contribution in [0.4, 0.5) is 0 Å². The van der Waals surface area contributed by atoms with Crippen LogP contribution in [0.5, 0.6) is 0 Å². The first-order valence-electron chi connectivity index (χ1n) is 6.44. The zero-order valence-corrected chi connectivity index (χ0v) is 10.5. The number of rotatable bonds is 7. The second-order valence-corrected chi connectivity index (χ2v) is 4.84. The van der Waals surface area contributed by atoms with Crippen LogP contribution in [0.25, 0.3) is 0 Å². The summed E-state index contributed by atoms with van der Waals surface area (Å²) in [4.78, 5) is 5.69. The van der Waals surface area contributed by atoms with Gasteiger partial charge in [0, 0.05) is 6.42 Å². The monoisotopic (exact) mass is 211 g/mol. The molecule has 0 saturated carbocycles. The van der Waals surface area contributed by atoms with Crippen molar-refractivity contribution in [2.24, 2.45) is 5.16 Å². The Kier molecular flexibility index (Phi) is 5.13. The molecule has 0 bridgehead atoms. The molecule has 1 aliphatic rings. The molecule has 1 heterocycles. The topological polar surface area (TPSA) is 21.6 Å². The second-order valence-electron chi connectivity index (χ2n) is 4.84. The van der Waals surface area contributed by atoms with Gasteiger partial charge in [-0.1, -0.05) is 38.3 Å². The number of oxime groups is 1. The van der Waals surface area contributed by atoms with Crippen molar-refractivity contribution in [1.29, 1.82) is 0 Å². The molecule has 0 radical (unpaired) electrons. The summed E-state index contributed by atoms with van der Waals surface area (Å²) in [5.41, 5.74) is 1.23. The quantitative estimate of drug-likeness (QED) is 0.576. The Morgan fingerprint density at radius 3 is 2.33 bits per heavy atom. The van der Waals surface area contributed by atoms with Crippen LogP contribution in [0.2, 0.25) is 0 Å². The average Bonchev–Trinajstić information content (AvgIpc) is 2.59. The molecule has 0 aliphatic carbocycles. The highest BCUT2D eigenvalue weighted by molar-refractivity contribution is 5.83. The molecule has 1 unspecified atom stereocenters. The molecule has 0 aromatic carbocycles. The van der Waals surface area contributed by atoms with Crippen LogP contribution in [0, 0.1) is 0 Å². The van der Waals surface area contributed by atoms with Gasteiger partial charge in [0.2, 0.25) is 0 Å². The average molecular weight is 211 g/mol. The molecular weight excluding hydrogens is 186 g/mol. The van der Waals surface area contributed by atoms with Crippen molar-refractivity contribution in [3.05, 3.63) is 0 Å². The zero-order chi connectivity index (χ0) is 11.1. The fourth-order valence-electron chi connectivity index (χ4n) is 2.29. The van der Waals surface area contributed by atoms with Gasteiger partial charge in [0.1, 0.15) is 5.60 Å². The lowest BCUT2D eigenvalue weighted by atomic mass is 9.86. The smallest absolute Gasteiger partial charge is 0.143 e. The van der Waals surface area contributed by atoms with Crippen LogP contribution >= 0.6 is 0 Å². The third-order valence-electron chi connectivity index (χ3n) is 3.20. The van der Waals surface area contributed by atoms with E-state index in [0.29, 0.717) is 0 Å². The number of hydrogen-bond acceptors (Lipinski definition) is 2. The molecule has 1 atom stereocenters. The van der Waals surface area contributed by atoms with Crippen molar-refractivity contribution in [1.82, 2.24) is 0 Å². The molecular formula is C13H25NO. The maximum Gasteiger partial charge on any atom is 0.143 e. The first-order chi connectivity index (χ1) is 7.22. The molecule has 0 N–H and O–H groups in total. The summed E-state index contributed by atoms with van der Waals surface area (Å²) < 4.78 is 0. The van der Waals surface area contributed by atoms with Crippen LogP contribution in [0.15, 0.2) is 5.16 Å². The summed E-state index contributed by atoms with van der Waals surface area (Å²) in [7, 11) is 0. The van der Waals surface area contributed by atoms with E-state index in [1.807, 2.05) is 0 Å². The summed E-state index contributed by atoms with van der Waals surface area (Å²) >= 11 is 0. The van der Waals surface area contributed by atoms with E-state index in [0.717, 1.165) is 6.42 Å². The van der Waals surface area contributed by atoms with Gasteiger partial charge < -0.3 is 4.84 Å². The molecule has 2 heteroatoms. The Bertz CT molecular complexity index is 213. The van der Waals surface area contributed by atoms with Crippen LogP contribution in [0.3, 0.4) is 0 Å². The number of nitrogens with zero attached hydrogens (tertiary/aromatic N) is 1. The largest absolute Gasteiger partial charge is 0.389 e. The van der Waals surface area contributed by atoms with Gasteiger partial charge >= 0.3 is 0 Å². The predicted molar refractivity (Wildman–Crippen MR) is 65.2 cm³/mol. The van der Waals surface area contributed by atoms with Gasteiger partial charge in [0.05, 0.1) is 5.71 Å². The highest BCUT2D eigenvalue weighted by Gasteiger charge is 2.36. The maximum atomic E-state index is 5.69. The molecule has 1 aliphatic heterocycles. The summed E-state index contributed by atoms with van der Waals surface area (Å²) in [5.74, 6) is 0. The van der Waals surface area contributed by atoms with E-state index < -0.39 is 0 Å². The first-order valence-corrected chi connectivity index (χ1v) is 6.44. The van der Waals surface area contributed by atoms with E-state index in [4.69, 9.17) is 4.84 Å². The highest BCUT2D eigenvalue weighted by Crippen LogP contribution is 2.34. The second kappa shape index (κ2) is 6.14. The van der Waals surface area contributed by atoms with Gasteiger partial charge in [-0.15, -0.1) is 0 Å². The SMILES string of the molecule is CCCCCC1(CCCC)CC(C)=NO1. The highest BCUT2D eigenvalue weighted by atomic mass is 16.7. The summed E-state index contributed by atoms with van der Waals surface area (Å²) in [5, 5.41) is 4.14. The van der Waals surface area contributed by atoms with E-state index >= 15 is 0 Å². The molecule has 2 nitrogen and oxygen atoms in total. The summed E-state index contributed by atoms with van der Waals surface area (Å²) in [6, 6.07) is 0. The molecule has 0 fully saturated rings. The van der Waals surface area contributed by atoms with Gasteiger partial charge in [0.15, 0.2) is 0 Å². The third-order valence-corrected chi connectivity index (χ3v) is 3.20. The molecule has 0 aromatic heterocycles. The van der Waals surface area contributed by atoms with E-state index in [1.165, 1.54) is 50.7 Å². The fourth-order valence-corrected chi connectivity index (χ4v) is 2.29. The van der Waals surface area contributed by atoms with Gasteiger partial charge in [-0.3, -0.25) is 0 Å². The van der Waals surface area contributed by atoms with Gasteiger partial charge in [-0.05, 0) is 32.6 Å². The van der Waals surface area contributed by atoms with Crippen molar-refractivity contribution in [3.8, 4) is 0 Å². The van der Waals surface area contributed by atoms with Crippen LogP contribution in [0.1, 0.15) is 72.1 Å². The van der Waals surface area contributed by atoms with Gasteiger partial charge in [-0.25, -0.2) is 0 Å². The van der Waals surface area contributed by atoms with E-state index in [9.17, 15) is 0 Å². The zero-order valence-electron chi connectivity index (χ0n) is 10.5. The summed E-state index contributed by atoms with van der Waals surface area (Å²) in [6.45, 7) is 6.56. The lowest BCUT2D eigenvalue weighted by Crippen LogP contribution is -2.28. The Hall–Kier alpha value is -0.530. The van der Waals surface area contributed by atoms with Crippen molar-refractivity contribution in [3.63, 3.8) is 0 Å². The molecule has 0 saturated heterocycles. The molecule has 88 valence electrons. The fraction of sp³-hybridized carbons (Fsp3) is 0.923. The van der Waals surface area contributed by atoms with Crippen LogP contribution in [-0.2, 0) is 4.84 Å². The standard InChI is InChI=1S/C13H25NO/c1-4-6-8-10-13(9-7-5-2)11-12(3)14-15-13/h4-11H2,1-3H3. The van der Waals surface area contributed by atoms with E-state index in [2.05, 4.69) is 25.9 Å². The molecule has 1 rings (SSSR count). The van der Waals surface area contributed by atoms with Crippen LogP contribution < -0.4 is 0 Å². The van der Waals surface area contributed by atoms with E-state index in [-0.39, 0.29) is 5.60 Å². The van der Waals surface area contributed by atoms with Crippen LogP contribution in [-0.4, -0.2) is 11.3 Å². The van der Waals surface area contributed by atoms with Crippen molar-refractivity contribution >= 4 is 5.71 Å². The Morgan fingerprint density at radius 1 is 1.13 bits per heavy atom. The Labute approximate surface area is 94.1 Å². The van der Waals surface area contributed by atoms with Crippen molar-refractivity contribution in [2.75, 3.05) is 0 Å². The number of unbranched alkanes of at least 4 members (excludes halogenated alkanes) is 3. The Morgan fingerprint density at radius 2 is 1.80 bits per heavy atom. The minimum atomic E-state index is 0.0647. The third kappa shape index (κ3) is 3.84. The molecule has 15 heavy (non-hydrogen) atoms. The maximum absolute atomic E-state index is 5.69. The molecule has 0 spiro atoms. The molecule has 0 aromatic rings. The van der Waals surface area contributed by atoms with Gasteiger partial charge in [-0.2, -0.15) is 0 Å². The van der Waals surface area contributed by atoms with E-state index in [1.54, 1.807) is 0 Å². The first kappa shape index (κ1) is 12.5. The number of hydrogen-bond donors (Lipinski definition) is 0. The normalized spacial score (nSPS) is 25.1. The van der Waals surface area contributed by atoms with Crippen molar-refractivity contribution < 1.29 is 4.84 Å². The lowest BCUT2D eigenvalue weighted by molar-refractivity contribution is -0.0346. The molecule has 0 amide bonds. The lowest BCUT2D eigenvalue weighted by Gasteiger charge is -2.26. The predicted octanol–water partition coefficient (Wildman–Crippen LogP) is 4.29. The minimum absolute atomic E-state index is 0.0647.